The molecule has 138 valence electrons. The molecular weight excluding hydrogens is 318 g/mol. The lowest BCUT2D eigenvalue weighted by Crippen LogP contribution is -2.33. The standard InChI is InChI=1S/C24H31NO/c1-3-4-5-12-19-24(26)25(21(2)23-17-10-7-11-18-23)20-13-16-22-14-8-6-9-15-22/h6-11,13-18,21H,3-5,12,19-20H2,1-2H3/b16-13+. The van der Waals surface area contributed by atoms with E-state index in [-0.39, 0.29) is 11.9 Å². The predicted molar refractivity (Wildman–Crippen MR) is 111 cm³/mol. The molecular formula is C24H31NO. The molecule has 26 heavy (non-hydrogen) atoms. The quantitative estimate of drug-likeness (QED) is 0.464. The monoisotopic (exact) mass is 349 g/mol. The van der Waals surface area contributed by atoms with Crippen LogP contribution in [0.5, 0.6) is 0 Å². The lowest BCUT2D eigenvalue weighted by Gasteiger charge is -2.29. The second kappa shape index (κ2) is 11.3. The Morgan fingerprint density at radius 3 is 2.27 bits per heavy atom. The molecule has 0 saturated heterocycles. The van der Waals surface area contributed by atoms with Crippen LogP contribution in [0.25, 0.3) is 6.08 Å². The van der Waals surface area contributed by atoms with Crippen LogP contribution >= 0.6 is 0 Å². The molecule has 0 radical (unpaired) electrons. The molecule has 2 heteroatoms. The molecule has 0 heterocycles. The Labute approximate surface area is 158 Å². The summed E-state index contributed by atoms with van der Waals surface area (Å²) in [5.41, 5.74) is 2.35. The first-order valence-electron chi connectivity index (χ1n) is 9.78. The zero-order valence-electron chi connectivity index (χ0n) is 16.1. The van der Waals surface area contributed by atoms with Crippen molar-refractivity contribution in [1.82, 2.24) is 4.90 Å². The first kappa shape index (κ1) is 20.0. The highest BCUT2D eigenvalue weighted by molar-refractivity contribution is 5.77. The van der Waals surface area contributed by atoms with Gasteiger partial charge in [-0.2, -0.15) is 0 Å². The van der Waals surface area contributed by atoms with Gasteiger partial charge in [-0.15, -0.1) is 0 Å². The predicted octanol–water partition coefficient (Wildman–Crippen LogP) is 6.26. The molecule has 1 unspecified atom stereocenters. The molecule has 2 nitrogen and oxygen atoms in total. The summed E-state index contributed by atoms with van der Waals surface area (Å²) in [4.78, 5) is 14.9. The maximum atomic E-state index is 12.9. The van der Waals surface area contributed by atoms with E-state index < -0.39 is 0 Å². The van der Waals surface area contributed by atoms with Crippen LogP contribution in [0.4, 0.5) is 0 Å². The Hall–Kier alpha value is -2.35. The minimum Gasteiger partial charge on any atom is -0.332 e. The lowest BCUT2D eigenvalue weighted by atomic mass is 10.1. The van der Waals surface area contributed by atoms with E-state index in [2.05, 4.69) is 50.3 Å². The van der Waals surface area contributed by atoms with Crippen molar-refractivity contribution in [2.75, 3.05) is 6.54 Å². The van der Waals surface area contributed by atoms with Gasteiger partial charge in [0.05, 0.1) is 6.04 Å². The van der Waals surface area contributed by atoms with E-state index in [9.17, 15) is 4.79 Å². The first-order valence-corrected chi connectivity index (χ1v) is 9.78. The average Bonchev–Trinajstić information content (AvgIpc) is 2.69. The van der Waals surface area contributed by atoms with Crippen LogP contribution in [-0.2, 0) is 4.79 Å². The van der Waals surface area contributed by atoms with Crippen molar-refractivity contribution in [3.8, 4) is 0 Å². The van der Waals surface area contributed by atoms with E-state index in [4.69, 9.17) is 0 Å². The molecule has 1 atom stereocenters. The maximum Gasteiger partial charge on any atom is 0.223 e. The Bertz CT molecular complexity index is 663. The number of unbranched alkanes of at least 4 members (excludes halogenated alkanes) is 3. The lowest BCUT2D eigenvalue weighted by molar-refractivity contribution is -0.132. The molecule has 1 amide bonds. The molecule has 0 N–H and O–H groups in total. The molecule has 0 aliphatic rings. The van der Waals surface area contributed by atoms with Gasteiger partial charge in [-0.05, 0) is 24.5 Å². The topological polar surface area (TPSA) is 20.3 Å². The van der Waals surface area contributed by atoms with Crippen molar-refractivity contribution in [2.45, 2.75) is 52.0 Å². The van der Waals surface area contributed by atoms with E-state index in [0.29, 0.717) is 13.0 Å². The number of hydrogen-bond donors (Lipinski definition) is 0. The summed E-state index contributed by atoms with van der Waals surface area (Å²) >= 11 is 0. The second-order valence-electron chi connectivity index (χ2n) is 6.76. The first-order chi connectivity index (χ1) is 12.7. The minimum atomic E-state index is 0.0790. The SMILES string of the molecule is CCCCCCC(=O)N(C/C=C/c1ccccc1)C(C)c1ccccc1. The summed E-state index contributed by atoms with van der Waals surface area (Å²) in [6, 6.07) is 20.6. The third kappa shape index (κ3) is 6.51. The van der Waals surface area contributed by atoms with Crippen LogP contribution in [0.15, 0.2) is 66.7 Å². The Morgan fingerprint density at radius 1 is 0.962 bits per heavy atom. The summed E-state index contributed by atoms with van der Waals surface area (Å²) in [5.74, 6) is 0.246. The fourth-order valence-electron chi connectivity index (χ4n) is 3.10. The van der Waals surface area contributed by atoms with Gasteiger partial charge in [0.25, 0.3) is 0 Å². The van der Waals surface area contributed by atoms with Crippen LogP contribution in [-0.4, -0.2) is 17.4 Å². The zero-order valence-corrected chi connectivity index (χ0v) is 16.1. The largest absolute Gasteiger partial charge is 0.332 e. The number of carbonyl (C=O) groups excluding carboxylic acids is 1. The van der Waals surface area contributed by atoms with Crippen LogP contribution < -0.4 is 0 Å². The van der Waals surface area contributed by atoms with E-state index in [0.717, 1.165) is 18.4 Å². The van der Waals surface area contributed by atoms with E-state index in [1.165, 1.54) is 18.4 Å². The number of amides is 1. The van der Waals surface area contributed by atoms with E-state index in [1.807, 2.05) is 41.3 Å². The van der Waals surface area contributed by atoms with E-state index >= 15 is 0 Å². The van der Waals surface area contributed by atoms with Gasteiger partial charge in [-0.25, -0.2) is 0 Å². The van der Waals surface area contributed by atoms with Crippen molar-refractivity contribution in [1.29, 1.82) is 0 Å². The molecule has 0 aromatic heterocycles. The smallest absolute Gasteiger partial charge is 0.223 e. The summed E-state index contributed by atoms with van der Waals surface area (Å²) in [6.45, 7) is 4.95. The van der Waals surface area contributed by atoms with Gasteiger partial charge in [0.2, 0.25) is 5.91 Å². The molecule has 0 fully saturated rings. The van der Waals surface area contributed by atoms with Gasteiger partial charge in [0.1, 0.15) is 0 Å². The minimum absolute atomic E-state index is 0.0790. The third-order valence-electron chi connectivity index (χ3n) is 4.73. The van der Waals surface area contributed by atoms with E-state index in [1.54, 1.807) is 0 Å². The molecule has 0 spiro atoms. The third-order valence-corrected chi connectivity index (χ3v) is 4.73. The summed E-state index contributed by atoms with van der Waals surface area (Å²) in [6.07, 6.45) is 9.33. The number of nitrogens with zero attached hydrogens (tertiary/aromatic N) is 1. The molecule has 0 aliphatic heterocycles. The van der Waals surface area contributed by atoms with Gasteiger partial charge in [-0.3, -0.25) is 4.79 Å². The molecule has 2 aromatic rings. The van der Waals surface area contributed by atoms with Crippen LogP contribution in [0.2, 0.25) is 0 Å². The Kier molecular flexibility index (Phi) is 8.68. The fraction of sp³-hybridized carbons (Fsp3) is 0.375. The number of carbonyl (C=O) groups is 1. The van der Waals surface area contributed by atoms with Crippen LogP contribution in [0.3, 0.4) is 0 Å². The molecule has 2 rings (SSSR count). The fourth-order valence-corrected chi connectivity index (χ4v) is 3.10. The van der Waals surface area contributed by atoms with Crippen LogP contribution in [0.1, 0.15) is 63.1 Å². The summed E-state index contributed by atoms with van der Waals surface area (Å²) < 4.78 is 0. The zero-order chi connectivity index (χ0) is 18.6. The number of hydrogen-bond acceptors (Lipinski definition) is 1. The average molecular weight is 350 g/mol. The van der Waals surface area contributed by atoms with Gasteiger partial charge in [-0.1, -0.05) is 99.0 Å². The maximum absolute atomic E-state index is 12.9. The highest BCUT2D eigenvalue weighted by Gasteiger charge is 2.19. The normalized spacial score (nSPS) is 12.2. The van der Waals surface area contributed by atoms with Crippen LogP contribution in [0, 0.1) is 0 Å². The van der Waals surface area contributed by atoms with Gasteiger partial charge < -0.3 is 4.90 Å². The Balaban J connectivity index is 2.05. The molecule has 0 saturated carbocycles. The van der Waals surface area contributed by atoms with Crippen molar-refractivity contribution in [3.63, 3.8) is 0 Å². The molecule has 0 bridgehead atoms. The van der Waals surface area contributed by atoms with Gasteiger partial charge in [0, 0.05) is 13.0 Å². The second-order valence-corrected chi connectivity index (χ2v) is 6.76. The number of rotatable bonds is 10. The Morgan fingerprint density at radius 2 is 1.62 bits per heavy atom. The number of benzene rings is 2. The van der Waals surface area contributed by atoms with Crippen molar-refractivity contribution in [3.05, 3.63) is 77.9 Å². The van der Waals surface area contributed by atoms with Crippen molar-refractivity contribution in [2.24, 2.45) is 0 Å². The highest BCUT2D eigenvalue weighted by atomic mass is 16.2. The van der Waals surface area contributed by atoms with Crippen molar-refractivity contribution < 1.29 is 4.79 Å². The summed E-state index contributed by atoms with van der Waals surface area (Å²) in [5, 5.41) is 0. The van der Waals surface area contributed by atoms with Crippen molar-refractivity contribution >= 4 is 12.0 Å². The summed E-state index contributed by atoms with van der Waals surface area (Å²) in [7, 11) is 0. The molecule has 2 aromatic carbocycles. The highest BCUT2D eigenvalue weighted by Crippen LogP contribution is 2.21. The van der Waals surface area contributed by atoms with Gasteiger partial charge >= 0.3 is 0 Å². The molecule has 0 aliphatic carbocycles. The van der Waals surface area contributed by atoms with Gasteiger partial charge in [0.15, 0.2) is 0 Å².